The van der Waals surface area contributed by atoms with Crippen LogP contribution in [0.1, 0.15) is 23.9 Å². The number of aliphatic hydroxyl groups is 1. The van der Waals surface area contributed by atoms with Crippen molar-refractivity contribution in [3.05, 3.63) is 28.8 Å². The van der Waals surface area contributed by atoms with E-state index in [1.807, 2.05) is 18.2 Å². The SMILES string of the molecule is C[C@](CCc1nc2ccc(C#CC#CC3CN(CCO)C3)cc2s1)(CS(=O)O)C(=O)NO. The van der Waals surface area contributed by atoms with Crippen LogP contribution < -0.4 is 5.48 Å². The normalized spacial score (nSPS) is 16.8. The number of benzene rings is 1. The Kier molecular flexibility index (Phi) is 8.38. The lowest BCUT2D eigenvalue weighted by Crippen LogP contribution is -2.47. The number of nitrogens with zero attached hydrogens (tertiary/aromatic N) is 2. The maximum Gasteiger partial charge on any atom is 0.250 e. The Bertz CT molecular complexity index is 1120. The zero-order valence-electron chi connectivity index (χ0n) is 17.6. The van der Waals surface area contributed by atoms with Gasteiger partial charge in [-0.2, -0.15) is 0 Å². The highest BCUT2D eigenvalue weighted by molar-refractivity contribution is 7.79. The van der Waals surface area contributed by atoms with Crippen molar-refractivity contribution in [2.45, 2.75) is 19.8 Å². The second kappa shape index (κ2) is 11.0. The molecule has 10 heteroatoms. The lowest BCUT2D eigenvalue weighted by molar-refractivity contribution is -0.138. The summed E-state index contributed by atoms with van der Waals surface area (Å²) in [6, 6.07) is 5.71. The van der Waals surface area contributed by atoms with Crippen LogP contribution in [0.4, 0.5) is 0 Å². The Hall–Kier alpha value is -2.31. The quantitative estimate of drug-likeness (QED) is 0.196. The number of aliphatic hydroxyl groups excluding tert-OH is 1. The highest BCUT2D eigenvalue weighted by atomic mass is 32.2. The third kappa shape index (κ3) is 6.36. The summed E-state index contributed by atoms with van der Waals surface area (Å²) >= 11 is -0.689. The smallest absolute Gasteiger partial charge is 0.250 e. The minimum Gasteiger partial charge on any atom is -0.395 e. The number of fused-ring (bicyclic) bond motifs is 1. The molecule has 1 aromatic heterocycles. The second-order valence-corrected chi connectivity index (χ2v) is 10.0. The molecule has 1 aromatic carbocycles. The molecule has 0 spiro atoms. The molecular weight excluding hydrogens is 450 g/mol. The van der Waals surface area contributed by atoms with Crippen molar-refractivity contribution in [2.75, 3.05) is 32.0 Å². The van der Waals surface area contributed by atoms with E-state index in [1.54, 1.807) is 12.4 Å². The lowest BCUT2D eigenvalue weighted by atomic mass is 9.87. The summed E-state index contributed by atoms with van der Waals surface area (Å²) < 4.78 is 21.4. The van der Waals surface area contributed by atoms with Gasteiger partial charge in [0.1, 0.15) is 0 Å². The Morgan fingerprint density at radius 1 is 1.41 bits per heavy atom. The highest BCUT2D eigenvalue weighted by Gasteiger charge is 2.35. The molecule has 0 radical (unpaired) electrons. The number of hydrogen-bond donors (Lipinski definition) is 4. The maximum absolute atomic E-state index is 12.0. The molecule has 1 aliphatic rings. The van der Waals surface area contributed by atoms with Crippen molar-refractivity contribution in [2.24, 2.45) is 11.3 Å². The predicted molar refractivity (Wildman–Crippen MR) is 123 cm³/mol. The first-order valence-corrected chi connectivity index (χ1v) is 12.2. The van der Waals surface area contributed by atoms with E-state index < -0.39 is 22.4 Å². The number of aryl methyl sites for hydroxylation is 1. The Labute approximate surface area is 193 Å². The van der Waals surface area contributed by atoms with Crippen LogP contribution >= 0.6 is 11.3 Å². The van der Waals surface area contributed by atoms with Crippen LogP contribution in [0.25, 0.3) is 10.2 Å². The average Bonchev–Trinajstić information content (AvgIpc) is 3.14. The highest BCUT2D eigenvalue weighted by Crippen LogP contribution is 2.29. The largest absolute Gasteiger partial charge is 0.395 e. The Morgan fingerprint density at radius 3 is 2.88 bits per heavy atom. The zero-order valence-corrected chi connectivity index (χ0v) is 19.3. The molecule has 1 aliphatic heterocycles. The molecule has 3 rings (SSSR count). The third-order valence-electron chi connectivity index (χ3n) is 5.33. The summed E-state index contributed by atoms with van der Waals surface area (Å²) in [5, 5.41) is 18.6. The number of amides is 1. The summed E-state index contributed by atoms with van der Waals surface area (Å²) in [6.07, 6.45) is 0.701. The number of hydrogen-bond acceptors (Lipinski definition) is 7. The van der Waals surface area contributed by atoms with Crippen LogP contribution in [0.2, 0.25) is 0 Å². The van der Waals surface area contributed by atoms with E-state index in [2.05, 4.69) is 33.6 Å². The molecule has 170 valence electrons. The molecule has 4 N–H and O–H groups in total. The molecule has 2 aromatic rings. The fourth-order valence-corrected chi connectivity index (χ4v) is 5.25. The number of nitrogens with one attached hydrogen (secondary N) is 1. The summed E-state index contributed by atoms with van der Waals surface area (Å²) in [4.78, 5) is 18.7. The van der Waals surface area contributed by atoms with Crippen molar-refractivity contribution in [3.8, 4) is 23.7 Å². The summed E-state index contributed by atoms with van der Waals surface area (Å²) in [7, 11) is 0. The maximum atomic E-state index is 12.0. The topological polar surface area (TPSA) is 123 Å². The average molecular weight is 476 g/mol. The predicted octanol–water partition coefficient (Wildman–Crippen LogP) is 1.24. The van der Waals surface area contributed by atoms with Crippen molar-refractivity contribution in [1.82, 2.24) is 15.4 Å². The van der Waals surface area contributed by atoms with Crippen LogP contribution in [0.5, 0.6) is 0 Å². The van der Waals surface area contributed by atoms with Gasteiger partial charge in [-0.1, -0.05) is 11.8 Å². The number of carbonyl (C=O) groups is 1. The molecule has 1 unspecified atom stereocenters. The fourth-order valence-electron chi connectivity index (χ4n) is 3.43. The standard InChI is InChI=1S/C22H25N3O5S2/c1-22(15-32(29)30,21(27)24-28)9-8-20-23-18-7-6-16(12-19(18)31-20)4-2-3-5-17-13-25(14-17)10-11-26/h6-7,12,17,26,28H,8-11,13-15H2,1H3,(H,24,27)(H,29,30)/t22-/m0/s1. The first-order valence-electron chi connectivity index (χ1n) is 10.1. The minimum absolute atomic E-state index is 0.169. The Morgan fingerprint density at radius 2 is 2.19 bits per heavy atom. The molecule has 0 bridgehead atoms. The summed E-state index contributed by atoms with van der Waals surface area (Å²) in [6.45, 7) is 4.15. The van der Waals surface area contributed by atoms with Gasteiger partial charge in [0.15, 0.2) is 11.1 Å². The van der Waals surface area contributed by atoms with E-state index in [0.717, 1.165) is 33.9 Å². The van der Waals surface area contributed by atoms with Crippen LogP contribution in [-0.2, 0) is 22.3 Å². The van der Waals surface area contributed by atoms with Gasteiger partial charge in [0, 0.05) is 37.5 Å². The molecule has 0 saturated carbocycles. The van der Waals surface area contributed by atoms with Crippen LogP contribution in [-0.4, -0.2) is 66.9 Å². The van der Waals surface area contributed by atoms with E-state index in [9.17, 15) is 13.6 Å². The van der Waals surface area contributed by atoms with Gasteiger partial charge in [-0.15, -0.1) is 11.3 Å². The number of hydroxylamine groups is 1. The van der Waals surface area contributed by atoms with Crippen LogP contribution in [0.15, 0.2) is 18.2 Å². The van der Waals surface area contributed by atoms with E-state index >= 15 is 0 Å². The number of aromatic nitrogens is 1. The molecular formula is C22H25N3O5S2. The number of β-amino-alcohol motifs (C(OH)–C–C–N with tert-alkyl or cyclic N) is 1. The molecule has 1 saturated heterocycles. The van der Waals surface area contributed by atoms with Crippen molar-refractivity contribution in [3.63, 3.8) is 0 Å². The summed E-state index contributed by atoms with van der Waals surface area (Å²) in [5.74, 6) is 11.3. The molecule has 8 nitrogen and oxygen atoms in total. The van der Waals surface area contributed by atoms with Gasteiger partial charge in [-0.05, 0) is 43.4 Å². The molecule has 2 heterocycles. The monoisotopic (exact) mass is 475 g/mol. The van der Waals surface area contributed by atoms with E-state index in [-0.39, 0.29) is 18.8 Å². The van der Waals surface area contributed by atoms with Gasteiger partial charge in [-0.25, -0.2) is 14.7 Å². The van der Waals surface area contributed by atoms with E-state index in [1.165, 1.54) is 11.3 Å². The first kappa shape index (κ1) is 24.3. The van der Waals surface area contributed by atoms with Crippen LogP contribution in [0, 0.1) is 35.0 Å². The van der Waals surface area contributed by atoms with Gasteiger partial charge in [0.05, 0.1) is 33.0 Å². The zero-order chi connectivity index (χ0) is 23.1. The minimum atomic E-state index is -2.17. The number of thiazole rings is 1. The molecule has 2 atom stereocenters. The van der Waals surface area contributed by atoms with Crippen molar-refractivity contribution >= 4 is 38.5 Å². The van der Waals surface area contributed by atoms with Gasteiger partial charge in [0.2, 0.25) is 5.91 Å². The van der Waals surface area contributed by atoms with Gasteiger partial charge in [0.25, 0.3) is 0 Å². The lowest BCUT2D eigenvalue weighted by Gasteiger charge is -2.35. The molecule has 0 aliphatic carbocycles. The molecule has 32 heavy (non-hydrogen) atoms. The Balaban J connectivity index is 1.63. The van der Waals surface area contributed by atoms with Gasteiger partial charge in [-0.3, -0.25) is 14.9 Å². The van der Waals surface area contributed by atoms with E-state index in [4.69, 9.17) is 10.3 Å². The van der Waals surface area contributed by atoms with Gasteiger partial charge >= 0.3 is 0 Å². The number of rotatable bonds is 8. The van der Waals surface area contributed by atoms with E-state index in [0.29, 0.717) is 18.9 Å². The van der Waals surface area contributed by atoms with Gasteiger partial charge < -0.3 is 9.66 Å². The van der Waals surface area contributed by atoms with Crippen molar-refractivity contribution in [1.29, 1.82) is 0 Å². The second-order valence-electron chi connectivity index (χ2n) is 7.96. The van der Waals surface area contributed by atoms with Crippen molar-refractivity contribution < 1.29 is 23.9 Å². The summed E-state index contributed by atoms with van der Waals surface area (Å²) in [5.41, 5.74) is 2.05. The fraction of sp³-hybridized carbons (Fsp3) is 0.455. The molecule has 1 fully saturated rings. The first-order chi connectivity index (χ1) is 15.3. The third-order valence-corrected chi connectivity index (χ3v) is 7.30. The van der Waals surface area contributed by atoms with Crippen LogP contribution in [0.3, 0.4) is 0 Å². The number of carbonyl (C=O) groups excluding carboxylic acids is 1. The molecule has 1 amide bonds. The number of likely N-dealkylation sites (tertiary alicyclic amines) is 1.